The van der Waals surface area contributed by atoms with Crippen molar-refractivity contribution in [2.45, 2.75) is 13.2 Å². The van der Waals surface area contributed by atoms with Gasteiger partial charge in [0.15, 0.2) is 6.29 Å². The van der Waals surface area contributed by atoms with E-state index in [4.69, 9.17) is 5.11 Å². The number of ether oxygens (including phenoxy) is 2. The number of aliphatic hydroxyl groups is 1. The number of aliphatic hydroxyl groups excluding tert-OH is 1. The van der Waals surface area contributed by atoms with Gasteiger partial charge in [-0.25, -0.2) is 9.59 Å². The molecule has 0 radical (unpaired) electrons. The largest absolute Gasteiger partial charge is 0.458 e. The van der Waals surface area contributed by atoms with Gasteiger partial charge in [-0.2, -0.15) is 0 Å². The van der Waals surface area contributed by atoms with E-state index in [2.05, 4.69) is 9.47 Å². The number of carbonyl (C=O) groups excluding carboxylic acids is 2. The second-order valence-corrected chi connectivity index (χ2v) is 1.93. The molecular formula is C6H6O5. The maximum atomic E-state index is 10.6. The van der Waals surface area contributed by atoms with Crippen LogP contribution in [0.1, 0.15) is 6.92 Å². The fourth-order valence-electron chi connectivity index (χ4n) is 0.603. The van der Waals surface area contributed by atoms with Gasteiger partial charge >= 0.3 is 11.9 Å². The summed E-state index contributed by atoms with van der Waals surface area (Å²) >= 11 is 0. The van der Waals surface area contributed by atoms with Gasteiger partial charge in [0.25, 0.3) is 0 Å². The zero-order valence-electron chi connectivity index (χ0n) is 5.73. The summed E-state index contributed by atoms with van der Waals surface area (Å²) in [4.78, 5) is 20.9. The fourth-order valence-corrected chi connectivity index (χ4v) is 0.603. The Morgan fingerprint density at radius 2 is 2.27 bits per heavy atom. The van der Waals surface area contributed by atoms with Gasteiger partial charge in [0.1, 0.15) is 0 Å². The molecule has 5 nitrogen and oxygen atoms in total. The summed E-state index contributed by atoms with van der Waals surface area (Å²) in [6.45, 7) is 1.32. The molecule has 0 saturated carbocycles. The minimum atomic E-state index is -1.13. The Kier molecular flexibility index (Phi) is 1.91. The topological polar surface area (TPSA) is 72.8 Å². The molecule has 0 amide bonds. The summed E-state index contributed by atoms with van der Waals surface area (Å²) < 4.78 is 8.58. The van der Waals surface area contributed by atoms with E-state index in [0.29, 0.717) is 0 Å². The van der Waals surface area contributed by atoms with Gasteiger partial charge in [-0.15, -0.1) is 0 Å². The van der Waals surface area contributed by atoms with Gasteiger partial charge in [-0.05, 0) is 6.92 Å². The summed E-state index contributed by atoms with van der Waals surface area (Å²) in [5.41, 5.74) is 0. The molecule has 0 aromatic heterocycles. The molecule has 0 aliphatic carbocycles. The Morgan fingerprint density at radius 1 is 1.64 bits per heavy atom. The van der Waals surface area contributed by atoms with E-state index in [-0.39, 0.29) is 5.76 Å². The molecule has 0 aromatic carbocycles. The van der Waals surface area contributed by atoms with Crippen LogP contribution in [0.25, 0.3) is 0 Å². The highest BCUT2D eigenvalue weighted by Gasteiger charge is 2.26. The van der Waals surface area contributed by atoms with Crippen molar-refractivity contribution in [3.05, 3.63) is 11.8 Å². The third kappa shape index (κ3) is 1.78. The third-order valence-electron chi connectivity index (χ3n) is 0.941. The first-order valence-corrected chi connectivity index (χ1v) is 2.92. The van der Waals surface area contributed by atoms with Gasteiger partial charge in [0.05, 0.1) is 6.08 Å². The molecule has 60 valence electrons. The quantitative estimate of drug-likeness (QED) is 0.327. The van der Waals surface area contributed by atoms with Crippen molar-refractivity contribution in [3.63, 3.8) is 0 Å². The molecule has 11 heavy (non-hydrogen) atoms. The van der Waals surface area contributed by atoms with Gasteiger partial charge in [0.2, 0.25) is 5.76 Å². The number of carbonyl (C=O) groups is 2. The molecule has 1 unspecified atom stereocenters. The molecule has 1 aliphatic rings. The molecule has 5 heteroatoms. The van der Waals surface area contributed by atoms with E-state index >= 15 is 0 Å². The first-order chi connectivity index (χ1) is 5.09. The van der Waals surface area contributed by atoms with Crippen molar-refractivity contribution in [1.82, 2.24) is 0 Å². The summed E-state index contributed by atoms with van der Waals surface area (Å²) in [6.07, 6.45) is -0.241. The molecule has 0 saturated heterocycles. The highest BCUT2D eigenvalue weighted by atomic mass is 16.6. The van der Waals surface area contributed by atoms with Crippen LogP contribution in [-0.4, -0.2) is 23.3 Å². The second kappa shape index (κ2) is 2.71. The number of rotatable bonds is 2. The summed E-state index contributed by atoms with van der Waals surface area (Å²) in [6, 6.07) is 0. The first kappa shape index (κ1) is 7.74. The monoisotopic (exact) mass is 158 g/mol. The summed E-state index contributed by atoms with van der Waals surface area (Å²) in [5, 5.41) is 8.63. The Morgan fingerprint density at radius 3 is 2.64 bits per heavy atom. The average Bonchev–Trinajstić information content (AvgIpc) is 2.09. The van der Waals surface area contributed by atoms with Crippen molar-refractivity contribution in [2.75, 3.05) is 0 Å². The highest BCUT2D eigenvalue weighted by molar-refractivity contribution is 6.07. The van der Waals surface area contributed by atoms with Gasteiger partial charge < -0.3 is 14.6 Å². The smallest absolute Gasteiger partial charge is 0.381 e. The number of cyclic esters (lactones) is 2. The van der Waals surface area contributed by atoms with Crippen LogP contribution in [0.4, 0.5) is 0 Å². The summed E-state index contributed by atoms with van der Waals surface area (Å²) in [7, 11) is 0. The Labute approximate surface area is 62.2 Å². The summed E-state index contributed by atoms with van der Waals surface area (Å²) in [5.74, 6) is -1.90. The van der Waals surface area contributed by atoms with E-state index < -0.39 is 18.2 Å². The minimum absolute atomic E-state index is 0.259. The number of hydrogen-bond donors (Lipinski definition) is 1. The SMILES string of the molecule is CC(O)OC1=CC(=O)OC1=O. The molecule has 1 N–H and O–H groups in total. The van der Waals surface area contributed by atoms with Crippen LogP contribution < -0.4 is 0 Å². The van der Waals surface area contributed by atoms with Crippen LogP contribution in [0.3, 0.4) is 0 Å². The van der Waals surface area contributed by atoms with E-state index in [1.165, 1.54) is 6.92 Å². The third-order valence-corrected chi connectivity index (χ3v) is 0.941. The van der Waals surface area contributed by atoms with Crippen LogP contribution in [0, 0.1) is 0 Å². The molecule has 0 spiro atoms. The van der Waals surface area contributed by atoms with Crippen LogP contribution in [-0.2, 0) is 19.1 Å². The standard InChI is InChI=1S/C6H6O5/c1-3(7)10-4-2-5(8)11-6(4)9/h2-3,7H,1H3. The number of esters is 2. The van der Waals surface area contributed by atoms with Crippen molar-refractivity contribution >= 4 is 11.9 Å². The van der Waals surface area contributed by atoms with Gasteiger partial charge in [-0.3, -0.25) is 0 Å². The fraction of sp³-hybridized carbons (Fsp3) is 0.333. The molecule has 1 heterocycles. The Balaban J connectivity index is 2.64. The van der Waals surface area contributed by atoms with E-state index in [1.54, 1.807) is 0 Å². The van der Waals surface area contributed by atoms with Crippen LogP contribution in [0.5, 0.6) is 0 Å². The molecule has 1 aliphatic heterocycles. The predicted molar refractivity (Wildman–Crippen MR) is 31.9 cm³/mol. The lowest BCUT2D eigenvalue weighted by Gasteiger charge is -2.05. The van der Waals surface area contributed by atoms with Crippen molar-refractivity contribution in [1.29, 1.82) is 0 Å². The Bertz CT molecular complexity index is 227. The van der Waals surface area contributed by atoms with Crippen LogP contribution >= 0.6 is 0 Å². The van der Waals surface area contributed by atoms with Crippen LogP contribution in [0.2, 0.25) is 0 Å². The number of hydrogen-bond acceptors (Lipinski definition) is 5. The molecule has 1 atom stereocenters. The highest BCUT2D eigenvalue weighted by Crippen LogP contribution is 2.10. The minimum Gasteiger partial charge on any atom is -0.458 e. The van der Waals surface area contributed by atoms with Crippen molar-refractivity contribution < 1.29 is 24.2 Å². The lowest BCUT2D eigenvalue weighted by atomic mass is 10.5. The lowest BCUT2D eigenvalue weighted by Crippen LogP contribution is -2.11. The van der Waals surface area contributed by atoms with Gasteiger partial charge in [-0.1, -0.05) is 0 Å². The van der Waals surface area contributed by atoms with Gasteiger partial charge in [0, 0.05) is 0 Å². The predicted octanol–water partition coefficient (Wildman–Crippen LogP) is -0.691. The maximum Gasteiger partial charge on any atom is 0.381 e. The average molecular weight is 158 g/mol. The van der Waals surface area contributed by atoms with Crippen molar-refractivity contribution in [2.24, 2.45) is 0 Å². The zero-order chi connectivity index (χ0) is 8.43. The molecule has 0 aromatic rings. The van der Waals surface area contributed by atoms with E-state index in [1.807, 2.05) is 0 Å². The molecule has 0 bridgehead atoms. The van der Waals surface area contributed by atoms with Crippen LogP contribution in [0.15, 0.2) is 11.8 Å². The van der Waals surface area contributed by atoms with E-state index in [9.17, 15) is 9.59 Å². The second-order valence-electron chi connectivity index (χ2n) is 1.93. The van der Waals surface area contributed by atoms with E-state index in [0.717, 1.165) is 6.08 Å². The molecule has 0 fully saturated rings. The van der Waals surface area contributed by atoms with Crippen molar-refractivity contribution in [3.8, 4) is 0 Å². The lowest BCUT2D eigenvalue weighted by molar-refractivity contribution is -0.154. The molecular weight excluding hydrogens is 152 g/mol. The normalized spacial score (nSPS) is 19.3. The first-order valence-electron chi connectivity index (χ1n) is 2.92. The zero-order valence-corrected chi connectivity index (χ0v) is 5.73. The Hall–Kier alpha value is -1.36. The molecule has 1 rings (SSSR count). The maximum absolute atomic E-state index is 10.6.